The van der Waals surface area contributed by atoms with E-state index in [9.17, 15) is 13.2 Å². The first-order valence-corrected chi connectivity index (χ1v) is 7.09. The Morgan fingerprint density at radius 3 is 2.68 bits per heavy atom. The first kappa shape index (κ1) is 13.5. The molecule has 0 aliphatic carbocycles. The second-order valence-electron chi connectivity index (χ2n) is 3.39. The van der Waals surface area contributed by atoms with Gasteiger partial charge >= 0.3 is 5.97 Å². The van der Waals surface area contributed by atoms with Crippen LogP contribution in [0.2, 0.25) is 0 Å². The number of aromatic carboxylic acids is 1. The molecule has 1 heterocycles. The van der Waals surface area contributed by atoms with Crippen LogP contribution in [0.15, 0.2) is 33.9 Å². The van der Waals surface area contributed by atoms with Gasteiger partial charge in [-0.15, -0.1) is 0 Å². The smallest absolute Gasteiger partial charge is 0.335 e. The van der Waals surface area contributed by atoms with Gasteiger partial charge in [-0.1, -0.05) is 0 Å². The van der Waals surface area contributed by atoms with Crippen molar-refractivity contribution in [3.05, 3.63) is 34.6 Å². The molecule has 2 rings (SSSR count). The third-order valence-corrected chi connectivity index (χ3v) is 4.43. The molecule has 0 unspecified atom stereocenters. The molecule has 3 N–H and O–H groups in total. The molecule has 0 fully saturated rings. The molecule has 0 atom stereocenters. The van der Waals surface area contributed by atoms with Gasteiger partial charge in [0.25, 0.3) is 10.0 Å². The Kier molecular flexibility index (Phi) is 3.53. The van der Waals surface area contributed by atoms with Crippen LogP contribution in [-0.2, 0) is 10.0 Å². The number of hydrogen-bond donors (Lipinski definition) is 3. The molecule has 0 aliphatic rings. The minimum Gasteiger partial charge on any atom is -0.478 e. The number of rotatable bonds is 4. The Morgan fingerprint density at radius 2 is 2.16 bits per heavy atom. The summed E-state index contributed by atoms with van der Waals surface area (Å²) in [5.41, 5.74) is -0.0227. The molecule has 0 spiro atoms. The lowest BCUT2D eigenvalue weighted by Crippen LogP contribution is -2.15. The zero-order valence-electron chi connectivity index (χ0n) is 9.16. The average Bonchev–Trinajstić information content (AvgIpc) is 2.80. The summed E-state index contributed by atoms with van der Waals surface area (Å²) in [4.78, 5) is 14.3. The molecule has 8 nitrogen and oxygen atoms in total. The number of carboxylic acids is 1. The minimum atomic E-state index is -3.88. The van der Waals surface area contributed by atoms with Crippen LogP contribution in [0.4, 0.5) is 5.95 Å². The van der Waals surface area contributed by atoms with Crippen LogP contribution in [0.1, 0.15) is 10.4 Å². The fourth-order valence-corrected chi connectivity index (χ4v) is 3.33. The van der Waals surface area contributed by atoms with E-state index in [1.165, 1.54) is 18.2 Å². The van der Waals surface area contributed by atoms with Crippen LogP contribution >= 0.6 is 15.9 Å². The molecule has 19 heavy (non-hydrogen) atoms. The Morgan fingerprint density at radius 1 is 1.42 bits per heavy atom. The zero-order chi connectivity index (χ0) is 14.0. The van der Waals surface area contributed by atoms with Crippen molar-refractivity contribution in [2.45, 2.75) is 4.90 Å². The summed E-state index contributed by atoms with van der Waals surface area (Å²) in [6, 6.07) is 3.59. The number of nitrogens with one attached hydrogen (secondary N) is 2. The Bertz CT molecular complexity index is 714. The summed E-state index contributed by atoms with van der Waals surface area (Å²) in [5, 5.41) is 14.7. The van der Waals surface area contributed by atoms with Crippen LogP contribution in [0.5, 0.6) is 0 Å². The van der Waals surface area contributed by atoms with E-state index in [2.05, 4.69) is 35.8 Å². The van der Waals surface area contributed by atoms with Crippen molar-refractivity contribution in [3.8, 4) is 0 Å². The van der Waals surface area contributed by atoms with Crippen molar-refractivity contribution in [1.82, 2.24) is 15.2 Å². The second kappa shape index (κ2) is 4.97. The molecule has 0 saturated carbocycles. The van der Waals surface area contributed by atoms with Crippen LogP contribution < -0.4 is 4.72 Å². The van der Waals surface area contributed by atoms with E-state index < -0.39 is 16.0 Å². The van der Waals surface area contributed by atoms with Crippen molar-refractivity contribution in [3.63, 3.8) is 0 Å². The standard InChI is InChI=1S/C9H7BrN4O4S/c10-6-3-5(8(15)16)1-2-7(6)19(17,18)14-9-11-4-12-13-9/h1-4H,(H,15,16)(H2,11,12,13,14). The van der Waals surface area contributed by atoms with Gasteiger partial charge in [0.05, 0.1) is 5.56 Å². The Hall–Kier alpha value is -1.94. The third-order valence-electron chi connectivity index (χ3n) is 2.11. The molecule has 0 saturated heterocycles. The van der Waals surface area contributed by atoms with Gasteiger partial charge in [0.15, 0.2) is 0 Å². The molecule has 0 bridgehead atoms. The number of H-pyrrole nitrogens is 1. The number of hydrogen-bond acceptors (Lipinski definition) is 5. The highest BCUT2D eigenvalue weighted by atomic mass is 79.9. The van der Waals surface area contributed by atoms with Crippen molar-refractivity contribution < 1.29 is 18.3 Å². The molecular formula is C9H7BrN4O4S. The van der Waals surface area contributed by atoms with Crippen LogP contribution in [0, 0.1) is 0 Å². The van der Waals surface area contributed by atoms with E-state index in [0.29, 0.717) is 0 Å². The van der Waals surface area contributed by atoms with E-state index in [-0.39, 0.29) is 20.9 Å². The van der Waals surface area contributed by atoms with Crippen LogP contribution in [0.3, 0.4) is 0 Å². The van der Waals surface area contributed by atoms with Crippen molar-refractivity contribution in [2.75, 3.05) is 4.72 Å². The Labute approximate surface area is 116 Å². The molecule has 0 radical (unpaired) electrons. The monoisotopic (exact) mass is 346 g/mol. The van der Waals surface area contributed by atoms with Gasteiger partial charge < -0.3 is 5.11 Å². The maximum Gasteiger partial charge on any atom is 0.335 e. The molecule has 2 aromatic rings. The number of carbonyl (C=O) groups is 1. The minimum absolute atomic E-state index is 0.0227. The topological polar surface area (TPSA) is 125 Å². The number of halogens is 1. The summed E-state index contributed by atoms with van der Waals surface area (Å²) < 4.78 is 26.4. The Balaban J connectivity index is 2.38. The first-order chi connectivity index (χ1) is 8.90. The molecule has 0 amide bonds. The number of benzene rings is 1. The van der Waals surface area contributed by atoms with Crippen molar-refractivity contribution in [2.24, 2.45) is 0 Å². The summed E-state index contributed by atoms with van der Waals surface area (Å²) in [6.45, 7) is 0. The lowest BCUT2D eigenvalue weighted by Gasteiger charge is -2.07. The van der Waals surface area contributed by atoms with E-state index in [0.717, 1.165) is 6.33 Å². The highest BCUT2D eigenvalue weighted by Gasteiger charge is 2.20. The van der Waals surface area contributed by atoms with Gasteiger partial charge in [0.1, 0.15) is 11.2 Å². The lowest BCUT2D eigenvalue weighted by atomic mass is 10.2. The van der Waals surface area contributed by atoms with Gasteiger partial charge in [-0.25, -0.2) is 23.0 Å². The summed E-state index contributed by atoms with van der Waals surface area (Å²) in [7, 11) is -3.88. The third kappa shape index (κ3) is 2.90. The average molecular weight is 347 g/mol. The summed E-state index contributed by atoms with van der Waals surface area (Å²) in [5.74, 6) is -1.18. The molecule has 100 valence electrons. The molecule has 1 aromatic heterocycles. The maximum absolute atomic E-state index is 12.0. The fraction of sp³-hybridized carbons (Fsp3) is 0. The van der Waals surface area contributed by atoms with Crippen LogP contribution in [0.25, 0.3) is 0 Å². The number of sulfonamides is 1. The molecule has 1 aromatic carbocycles. The number of nitrogens with zero attached hydrogens (tertiary/aromatic N) is 2. The second-order valence-corrected chi connectivity index (χ2v) is 5.90. The highest BCUT2D eigenvalue weighted by Crippen LogP contribution is 2.24. The van der Waals surface area contributed by atoms with Crippen molar-refractivity contribution >= 4 is 37.9 Å². The number of carboxylic acid groups (broad SMARTS) is 1. The molecule has 10 heteroatoms. The highest BCUT2D eigenvalue weighted by molar-refractivity contribution is 9.10. The largest absolute Gasteiger partial charge is 0.478 e. The predicted molar refractivity (Wildman–Crippen MR) is 68.3 cm³/mol. The summed E-state index contributed by atoms with van der Waals surface area (Å²) >= 11 is 3.03. The van der Waals surface area contributed by atoms with Crippen molar-refractivity contribution in [1.29, 1.82) is 0 Å². The zero-order valence-corrected chi connectivity index (χ0v) is 11.6. The molecular weight excluding hydrogens is 340 g/mol. The molecule has 0 aliphatic heterocycles. The lowest BCUT2D eigenvalue weighted by molar-refractivity contribution is 0.0696. The van der Waals surface area contributed by atoms with Crippen LogP contribution in [-0.4, -0.2) is 34.7 Å². The maximum atomic E-state index is 12.0. The van der Waals surface area contributed by atoms with E-state index in [1.54, 1.807) is 0 Å². The number of aromatic nitrogens is 3. The summed E-state index contributed by atoms with van der Waals surface area (Å²) in [6.07, 6.45) is 1.15. The number of aromatic amines is 1. The van der Waals surface area contributed by atoms with Gasteiger partial charge in [-0.05, 0) is 34.1 Å². The SMILES string of the molecule is O=C(O)c1ccc(S(=O)(=O)Nc2ncn[nH]2)c(Br)c1. The van der Waals surface area contributed by atoms with Gasteiger partial charge in [0.2, 0.25) is 5.95 Å². The number of anilines is 1. The van der Waals surface area contributed by atoms with E-state index >= 15 is 0 Å². The quantitative estimate of drug-likeness (QED) is 0.760. The van der Waals surface area contributed by atoms with Gasteiger partial charge in [-0.2, -0.15) is 10.1 Å². The van der Waals surface area contributed by atoms with Gasteiger partial charge in [0, 0.05) is 4.47 Å². The van der Waals surface area contributed by atoms with E-state index in [1.807, 2.05) is 0 Å². The predicted octanol–water partition coefficient (Wildman–Crippen LogP) is 1.07. The van der Waals surface area contributed by atoms with Gasteiger partial charge in [-0.3, -0.25) is 0 Å². The first-order valence-electron chi connectivity index (χ1n) is 4.81. The van der Waals surface area contributed by atoms with E-state index in [4.69, 9.17) is 5.11 Å². The fourth-order valence-electron chi connectivity index (χ4n) is 1.29. The normalized spacial score (nSPS) is 11.2.